The van der Waals surface area contributed by atoms with Crippen molar-refractivity contribution in [2.75, 3.05) is 0 Å². The SMILES string of the molecule is CCc1nc2ccc(CC(C)O)cc2s1. The molecule has 0 bridgehead atoms. The molecule has 0 aliphatic heterocycles. The largest absolute Gasteiger partial charge is 0.393 e. The van der Waals surface area contributed by atoms with Crippen molar-refractivity contribution in [3.05, 3.63) is 28.8 Å². The summed E-state index contributed by atoms with van der Waals surface area (Å²) in [4.78, 5) is 4.51. The van der Waals surface area contributed by atoms with Crippen LogP contribution < -0.4 is 0 Å². The van der Waals surface area contributed by atoms with E-state index in [-0.39, 0.29) is 6.10 Å². The molecular formula is C12H15NOS. The molecule has 0 saturated heterocycles. The summed E-state index contributed by atoms with van der Waals surface area (Å²) in [5.74, 6) is 0. The Morgan fingerprint density at radius 1 is 1.47 bits per heavy atom. The Balaban J connectivity index is 2.37. The van der Waals surface area contributed by atoms with E-state index in [4.69, 9.17) is 0 Å². The van der Waals surface area contributed by atoms with Crippen LogP contribution in [0.25, 0.3) is 10.2 Å². The number of fused-ring (bicyclic) bond motifs is 1. The normalized spacial score (nSPS) is 13.3. The monoisotopic (exact) mass is 221 g/mol. The van der Waals surface area contributed by atoms with E-state index in [9.17, 15) is 5.11 Å². The summed E-state index contributed by atoms with van der Waals surface area (Å²) in [6.07, 6.45) is 1.43. The van der Waals surface area contributed by atoms with Crippen molar-refractivity contribution < 1.29 is 5.11 Å². The van der Waals surface area contributed by atoms with E-state index in [1.807, 2.05) is 19.1 Å². The van der Waals surface area contributed by atoms with Gasteiger partial charge in [-0.15, -0.1) is 11.3 Å². The van der Waals surface area contributed by atoms with Gasteiger partial charge in [-0.25, -0.2) is 4.98 Å². The molecule has 0 aliphatic rings. The van der Waals surface area contributed by atoms with Gasteiger partial charge >= 0.3 is 0 Å². The summed E-state index contributed by atoms with van der Waals surface area (Å²) >= 11 is 1.75. The van der Waals surface area contributed by atoms with Gasteiger partial charge in [0.15, 0.2) is 0 Å². The summed E-state index contributed by atoms with van der Waals surface area (Å²) in [5, 5.41) is 10.5. The molecule has 1 atom stereocenters. The summed E-state index contributed by atoms with van der Waals surface area (Å²) in [5.41, 5.74) is 2.26. The molecule has 0 fully saturated rings. The van der Waals surface area contributed by atoms with Crippen molar-refractivity contribution in [2.45, 2.75) is 32.8 Å². The second kappa shape index (κ2) is 4.29. The summed E-state index contributed by atoms with van der Waals surface area (Å²) in [6, 6.07) is 6.23. The molecule has 0 spiro atoms. The predicted octanol–water partition coefficient (Wildman–Crippen LogP) is 2.78. The molecule has 0 aliphatic carbocycles. The zero-order valence-electron chi connectivity index (χ0n) is 9.03. The fraction of sp³-hybridized carbons (Fsp3) is 0.417. The molecule has 2 nitrogen and oxygen atoms in total. The Morgan fingerprint density at radius 3 is 2.93 bits per heavy atom. The standard InChI is InChI=1S/C12H15NOS/c1-3-12-13-10-5-4-9(6-8(2)14)7-11(10)15-12/h4-5,7-8,14H,3,6H2,1-2H3. The van der Waals surface area contributed by atoms with Crippen LogP contribution in [0, 0.1) is 0 Å². The second-order valence-electron chi connectivity index (χ2n) is 3.82. The second-order valence-corrected chi connectivity index (χ2v) is 4.93. The van der Waals surface area contributed by atoms with Crippen LogP contribution in [0.15, 0.2) is 18.2 Å². The van der Waals surface area contributed by atoms with Gasteiger partial charge in [0.25, 0.3) is 0 Å². The van der Waals surface area contributed by atoms with E-state index in [1.54, 1.807) is 11.3 Å². The molecule has 1 heterocycles. The summed E-state index contributed by atoms with van der Waals surface area (Å²) < 4.78 is 1.23. The van der Waals surface area contributed by atoms with E-state index in [1.165, 1.54) is 15.3 Å². The number of aromatic nitrogens is 1. The number of aliphatic hydroxyl groups excluding tert-OH is 1. The number of rotatable bonds is 3. The highest BCUT2D eigenvalue weighted by Gasteiger charge is 2.04. The first-order chi connectivity index (χ1) is 7.19. The maximum Gasteiger partial charge on any atom is 0.0935 e. The maximum absolute atomic E-state index is 9.32. The molecule has 1 aromatic heterocycles. The fourth-order valence-corrected chi connectivity index (χ4v) is 2.61. The Bertz CT molecular complexity index is 462. The minimum Gasteiger partial charge on any atom is -0.393 e. The quantitative estimate of drug-likeness (QED) is 0.864. The van der Waals surface area contributed by atoms with Gasteiger partial charge in [0.2, 0.25) is 0 Å². The third-order valence-electron chi connectivity index (χ3n) is 2.33. The number of aryl methyl sites for hydroxylation is 1. The van der Waals surface area contributed by atoms with Crippen molar-refractivity contribution in [2.24, 2.45) is 0 Å². The lowest BCUT2D eigenvalue weighted by atomic mass is 10.1. The molecule has 2 rings (SSSR count). The Hall–Kier alpha value is -0.930. The van der Waals surface area contributed by atoms with Crippen LogP contribution in [0.1, 0.15) is 24.4 Å². The topological polar surface area (TPSA) is 33.1 Å². The van der Waals surface area contributed by atoms with Crippen molar-refractivity contribution >= 4 is 21.6 Å². The minimum atomic E-state index is -0.277. The molecular weight excluding hydrogens is 206 g/mol. The molecule has 80 valence electrons. The van der Waals surface area contributed by atoms with Gasteiger partial charge in [0, 0.05) is 0 Å². The molecule has 2 aromatic rings. The van der Waals surface area contributed by atoms with Crippen LogP contribution in [-0.4, -0.2) is 16.2 Å². The number of benzene rings is 1. The van der Waals surface area contributed by atoms with Crippen LogP contribution >= 0.6 is 11.3 Å². The van der Waals surface area contributed by atoms with Gasteiger partial charge in [-0.3, -0.25) is 0 Å². The lowest BCUT2D eigenvalue weighted by Crippen LogP contribution is -2.03. The van der Waals surface area contributed by atoms with E-state index < -0.39 is 0 Å². The van der Waals surface area contributed by atoms with E-state index in [2.05, 4.69) is 18.0 Å². The Kier molecular flexibility index (Phi) is 3.03. The molecule has 1 aromatic carbocycles. The highest BCUT2D eigenvalue weighted by molar-refractivity contribution is 7.18. The van der Waals surface area contributed by atoms with Crippen molar-refractivity contribution in [1.29, 1.82) is 0 Å². The lowest BCUT2D eigenvalue weighted by Gasteiger charge is -2.03. The maximum atomic E-state index is 9.32. The number of nitrogens with zero attached hydrogens (tertiary/aromatic N) is 1. The molecule has 0 saturated carbocycles. The van der Waals surface area contributed by atoms with E-state index in [0.717, 1.165) is 18.4 Å². The highest BCUT2D eigenvalue weighted by atomic mass is 32.1. The van der Waals surface area contributed by atoms with Crippen LogP contribution in [0.3, 0.4) is 0 Å². The van der Waals surface area contributed by atoms with Gasteiger partial charge in [-0.05, 0) is 37.5 Å². The van der Waals surface area contributed by atoms with Crippen molar-refractivity contribution in [1.82, 2.24) is 4.98 Å². The van der Waals surface area contributed by atoms with Gasteiger partial charge in [0.05, 0.1) is 21.3 Å². The number of hydrogen-bond acceptors (Lipinski definition) is 3. The Labute approximate surface area is 93.6 Å². The van der Waals surface area contributed by atoms with E-state index in [0.29, 0.717) is 0 Å². The molecule has 1 N–H and O–H groups in total. The van der Waals surface area contributed by atoms with Crippen molar-refractivity contribution in [3.8, 4) is 0 Å². The van der Waals surface area contributed by atoms with Crippen LogP contribution in [-0.2, 0) is 12.8 Å². The first-order valence-electron chi connectivity index (χ1n) is 5.25. The summed E-state index contributed by atoms with van der Waals surface area (Å²) in [6.45, 7) is 3.93. The van der Waals surface area contributed by atoms with Crippen molar-refractivity contribution in [3.63, 3.8) is 0 Å². The third-order valence-corrected chi connectivity index (χ3v) is 3.49. The van der Waals surface area contributed by atoms with Crippen LogP contribution in [0.2, 0.25) is 0 Å². The van der Waals surface area contributed by atoms with Crippen LogP contribution in [0.4, 0.5) is 0 Å². The molecule has 15 heavy (non-hydrogen) atoms. The molecule has 0 amide bonds. The zero-order valence-corrected chi connectivity index (χ0v) is 9.84. The Morgan fingerprint density at radius 2 is 2.27 bits per heavy atom. The van der Waals surface area contributed by atoms with Gasteiger partial charge in [0.1, 0.15) is 0 Å². The number of thiazole rings is 1. The molecule has 3 heteroatoms. The average Bonchev–Trinajstić information content (AvgIpc) is 2.58. The first kappa shape index (κ1) is 10.6. The predicted molar refractivity (Wildman–Crippen MR) is 64.4 cm³/mol. The number of hydrogen-bond donors (Lipinski definition) is 1. The zero-order chi connectivity index (χ0) is 10.8. The third kappa shape index (κ3) is 2.36. The fourth-order valence-electron chi connectivity index (χ4n) is 1.64. The first-order valence-corrected chi connectivity index (χ1v) is 6.07. The molecule has 0 radical (unpaired) electrons. The number of aliphatic hydroxyl groups is 1. The van der Waals surface area contributed by atoms with Gasteiger partial charge in [-0.2, -0.15) is 0 Å². The lowest BCUT2D eigenvalue weighted by molar-refractivity contribution is 0.195. The van der Waals surface area contributed by atoms with Crippen LogP contribution in [0.5, 0.6) is 0 Å². The smallest absolute Gasteiger partial charge is 0.0935 e. The molecule has 1 unspecified atom stereocenters. The highest BCUT2D eigenvalue weighted by Crippen LogP contribution is 2.24. The van der Waals surface area contributed by atoms with E-state index >= 15 is 0 Å². The van der Waals surface area contributed by atoms with Gasteiger partial charge in [-0.1, -0.05) is 13.0 Å². The average molecular weight is 221 g/mol. The van der Waals surface area contributed by atoms with Gasteiger partial charge < -0.3 is 5.11 Å². The minimum absolute atomic E-state index is 0.277. The summed E-state index contributed by atoms with van der Waals surface area (Å²) in [7, 11) is 0.